The maximum absolute atomic E-state index is 6.13. The van der Waals surface area contributed by atoms with E-state index < -0.39 is 0 Å². The molecule has 0 bridgehead atoms. The van der Waals surface area contributed by atoms with Gasteiger partial charge in [0.2, 0.25) is 0 Å². The summed E-state index contributed by atoms with van der Waals surface area (Å²) in [6.45, 7) is 7.13. The molecule has 2 N–H and O–H groups in total. The van der Waals surface area contributed by atoms with Gasteiger partial charge in [-0.25, -0.2) is 0 Å². The zero-order chi connectivity index (χ0) is 14.6. The lowest BCUT2D eigenvalue weighted by Crippen LogP contribution is -2.43. The smallest absolute Gasteiger partial charge is 0.191 e. The zero-order valence-corrected chi connectivity index (χ0v) is 17.2. The predicted octanol–water partition coefficient (Wildman–Crippen LogP) is 3.71. The van der Waals surface area contributed by atoms with Crippen molar-refractivity contribution in [1.82, 2.24) is 4.90 Å². The van der Waals surface area contributed by atoms with E-state index >= 15 is 0 Å². The summed E-state index contributed by atoms with van der Waals surface area (Å²) in [5, 5.41) is 0. The van der Waals surface area contributed by atoms with Gasteiger partial charge in [0.25, 0.3) is 0 Å². The van der Waals surface area contributed by atoms with Gasteiger partial charge in [-0.15, -0.1) is 24.0 Å². The van der Waals surface area contributed by atoms with Crippen molar-refractivity contribution >= 4 is 57.6 Å². The third-order valence-corrected chi connectivity index (χ3v) is 5.21. The second-order valence-corrected chi connectivity index (χ2v) is 7.72. The third-order valence-electron chi connectivity index (χ3n) is 3.57. The molecule has 0 radical (unpaired) electrons. The Hall–Kier alpha value is 0.0500. The standard InChI is InChI=1S/C15H22BrN3S.HI/c1-15(2,12-5-3-4-6-13(12)16)11-18-14(17)19-7-9-20-10-8-19;/h3-6H,7-11H2,1-2H3,(H2,17,18);1H. The van der Waals surface area contributed by atoms with E-state index in [-0.39, 0.29) is 29.4 Å². The quantitative estimate of drug-likeness (QED) is 0.404. The number of guanidine groups is 1. The maximum atomic E-state index is 6.13. The van der Waals surface area contributed by atoms with Gasteiger partial charge in [-0.3, -0.25) is 4.99 Å². The average Bonchev–Trinajstić information content (AvgIpc) is 2.46. The Balaban J connectivity index is 0.00000220. The van der Waals surface area contributed by atoms with E-state index in [1.807, 2.05) is 17.8 Å². The van der Waals surface area contributed by atoms with Crippen LogP contribution in [0.15, 0.2) is 33.7 Å². The Morgan fingerprint density at radius 3 is 2.57 bits per heavy atom. The molecule has 0 aliphatic carbocycles. The van der Waals surface area contributed by atoms with Crippen LogP contribution in [0.3, 0.4) is 0 Å². The Morgan fingerprint density at radius 1 is 1.33 bits per heavy atom. The summed E-state index contributed by atoms with van der Waals surface area (Å²) in [6, 6.07) is 8.32. The molecule has 1 aromatic rings. The van der Waals surface area contributed by atoms with Crippen molar-refractivity contribution in [2.24, 2.45) is 10.7 Å². The summed E-state index contributed by atoms with van der Waals surface area (Å²) in [4.78, 5) is 6.81. The van der Waals surface area contributed by atoms with E-state index in [0.29, 0.717) is 12.5 Å². The molecule has 0 unspecified atom stereocenters. The lowest BCUT2D eigenvalue weighted by molar-refractivity contribution is 0.449. The van der Waals surface area contributed by atoms with E-state index in [4.69, 9.17) is 5.73 Å². The van der Waals surface area contributed by atoms with E-state index in [1.54, 1.807) is 0 Å². The van der Waals surface area contributed by atoms with E-state index in [1.165, 1.54) is 5.56 Å². The van der Waals surface area contributed by atoms with Crippen LogP contribution < -0.4 is 5.73 Å². The van der Waals surface area contributed by atoms with Crippen molar-refractivity contribution in [2.45, 2.75) is 19.3 Å². The number of benzene rings is 1. The highest BCUT2D eigenvalue weighted by Crippen LogP contribution is 2.30. The predicted molar refractivity (Wildman–Crippen MR) is 108 cm³/mol. The van der Waals surface area contributed by atoms with Crippen LogP contribution in [0.2, 0.25) is 0 Å². The monoisotopic (exact) mass is 483 g/mol. The molecule has 1 aliphatic heterocycles. The van der Waals surface area contributed by atoms with Gasteiger partial charge in [0.1, 0.15) is 0 Å². The lowest BCUT2D eigenvalue weighted by Gasteiger charge is -2.29. The molecule has 0 saturated carbocycles. The van der Waals surface area contributed by atoms with Crippen LogP contribution in [0.4, 0.5) is 0 Å². The fourth-order valence-electron chi connectivity index (χ4n) is 2.27. The minimum absolute atomic E-state index is 0. The molecular weight excluding hydrogens is 461 g/mol. The first-order chi connectivity index (χ1) is 9.50. The van der Waals surface area contributed by atoms with Gasteiger partial charge in [0.05, 0.1) is 6.54 Å². The molecule has 1 saturated heterocycles. The highest BCUT2D eigenvalue weighted by Gasteiger charge is 2.23. The number of thioether (sulfide) groups is 1. The number of aliphatic imine (C=N–C) groups is 1. The molecule has 6 heteroatoms. The van der Waals surface area contributed by atoms with Crippen molar-refractivity contribution in [1.29, 1.82) is 0 Å². The average molecular weight is 484 g/mol. The summed E-state index contributed by atoms with van der Waals surface area (Å²) >= 11 is 5.60. The molecule has 118 valence electrons. The van der Waals surface area contributed by atoms with Gasteiger partial charge in [0.15, 0.2) is 5.96 Å². The van der Waals surface area contributed by atoms with Crippen molar-refractivity contribution < 1.29 is 0 Å². The van der Waals surface area contributed by atoms with Gasteiger partial charge in [0, 0.05) is 34.5 Å². The highest BCUT2D eigenvalue weighted by atomic mass is 127. The number of hydrogen-bond donors (Lipinski definition) is 1. The molecule has 1 aromatic carbocycles. The number of halogens is 2. The first kappa shape index (κ1) is 19.1. The van der Waals surface area contributed by atoms with Crippen LogP contribution in [0.1, 0.15) is 19.4 Å². The first-order valence-corrected chi connectivity index (χ1v) is 8.83. The number of nitrogens with zero attached hydrogens (tertiary/aromatic N) is 2. The first-order valence-electron chi connectivity index (χ1n) is 6.88. The van der Waals surface area contributed by atoms with Crippen LogP contribution in [0.5, 0.6) is 0 Å². The summed E-state index contributed by atoms with van der Waals surface area (Å²) in [6.07, 6.45) is 0. The second-order valence-electron chi connectivity index (χ2n) is 5.64. The van der Waals surface area contributed by atoms with Gasteiger partial charge in [-0.05, 0) is 11.6 Å². The molecule has 1 fully saturated rings. The summed E-state index contributed by atoms with van der Waals surface area (Å²) in [5.74, 6) is 2.97. The number of hydrogen-bond acceptors (Lipinski definition) is 2. The lowest BCUT2D eigenvalue weighted by atomic mass is 9.85. The van der Waals surface area contributed by atoms with Crippen LogP contribution in [0.25, 0.3) is 0 Å². The van der Waals surface area contributed by atoms with Crippen molar-refractivity contribution in [3.05, 3.63) is 34.3 Å². The third kappa shape index (κ3) is 5.32. The van der Waals surface area contributed by atoms with Crippen LogP contribution >= 0.6 is 51.7 Å². The fourth-order valence-corrected chi connectivity index (χ4v) is 3.99. The molecule has 1 heterocycles. The van der Waals surface area contributed by atoms with Crippen molar-refractivity contribution in [3.63, 3.8) is 0 Å². The molecule has 2 rings (SSSR count). The molecule has 0 spiro atoms. The molecular formula is C15H23BrIN3S. The normalized spacial score (nSPS) is 16.5. The Bertz CT molecular complexity index is 488. The number of rotatable bonds is 3. The number of nitrogens with two attached hydrogens (primary N) is 1. The molecule has 0 atom stereocenters. The van der Waals surface area contributed by atoms with Crippen LogP contribution in [-0.2, 0) is 5.41 Å². The summed E-state index contributed by atoms with van der Waals surface area (Å²) < 4.78 is 1.13. The van der Waals surface area contributed by atoms with Crippen LogP contribution in [-0.4, -0.2) is 42.0 Å². The zero-order valence-electron chi connectivity index (χ0n) is 12.5. The Kier molecular flexibility index (Phi) is 7.84. The molecule has 0 aromatic heterocycles. The molecule has 3 nitrogen and oxygen atoms in total. The fraction of sp³-hybridized carbons (Fsp3) is 0.533. The Morgan fingerprint density at radius 2 is 1.95 bits per heavy atom. The van der Waals surface area contributed by atoms with Crippen LogP contribution in [0, 0.1) is 0 Å². The van der Waals surface area contributed by atoms with Gasteiger partial charge < -0.3 is 10.6 Å². The minimum atomic E-state index is -0.0325. The minimum Gasteiger partial charge on any atom is -0.370 e. The molecule has 21 heavy (non-hydrogen) atoms. The molecule has 0 amide bonds. The van der Waals surface area contributed by atoms with Crippen molar-refractivity contribution in [2.75, 3.05) is 31.1 Å². The SMILES string of the molecule is CC(C)(CN=C(N)N1CCSCC1)c1ccccc1Br.I. The van der Waals surface area contributed by atoms with Crippen molar-refractivity contribution in [3.8, 4) is 0 Å². The van der Waals surface area contributed by atoms with Gasteiger partial charge in [-0.1, -0.05) is 48.0 Å². The van der Waals surface area contributed by atoms with Gasteiger partial charge >= 0.3 is 0 Å². The molecule has 1 aliphatic rings. The van der Waals surface area contributed by atoms with Gasteiger partial charge in [-0.2, -0.15) is 11.8 Å². The van der Waals surface area contributed by atoms with E-state index in [9.17, 15) is 0 Å². The topological polar surface area (TPSA) is 41.6 Å². The van der Waals surface area contributed by atoms with E-state index in [0.717, 1.165) is 29.1 Å². The summed E-state index contributed by atoms with van der Waals surface area (Å²) in [7, 11) is 0. The highest BCUT2D eigenvalue weighted by molar-refractivity contribution is 14.0. The largest absolute Gasteiger partial charge is 0.370 e. The second kappa shape index (κ2) is 8.62. The van der Waals surface area contributed by atoms with E-state index in [2.05, 4.69) is 57.9 Å². The summed E-state index contributed by atoms with van der Waals surface area (Å²) in [5.41, 5.74) is 7.36. The Labute approximate surface area is 157 Å². The maximum Gasteiger partial charge on any atom is 0.191 e.